The lowest BCUT2D eigenvalue weighted by molar-refractivity contribution is 0.0694. The van der Waals surface area contributed by atoms with Gasteiger partial charge in [-0.05, 0) is 44.9 Å². The lowest BCUT2D eigenvalue weighted by Gasteiger charge is -2.33. The molecule has 0 atom stereocenters. The molecule has 1 aliphatic rings. The van der Waals surface area contributed by atoms with Gasteiger partial charge in [0, 0.05) is 5.92 Å². The van der Waals surface area contributed by atoms with Crippen molar-refractivity contribution in [2.75, 3.05) is 0 Å². The minimum Gasteiger partial charge on any atom is -0.478 e. The summed E-state index contributed by atoms with van der Waals surface area (Å²) in [6, 6.07) is 0. The highest BCUT2D eigenvalue weighted by molar-refractivity contribution is 5.89. The molecule has 1 aromatic rings. The number of aryl methyl sites for hydroxylation is 2. The third-order valence-corrected chi connectivity index (χ3v) is 4.21. The minimum atomic E-state index is -0.939. The maximum absolute atomic E-state index is 11.1. The van der Waals surface area contributed by atoms with Crippen LogP contribution in [0.5, 0.6) is 0 Å². The van der Waals surface area contributed by atoms with E-state index >= 15 is 0 Å². The number of rotatable bonds is 2. The van der Waals surface area contributed by atoms with Crippen LogP contribution in [0.15, 0.2) is 0 Å². The molecular formula is C15H22N2O2. The van der Waals surface area contributed by atoms with Crippen molar-refractivity contribution >= 4 is 5.97 Å². The average molecular weight is 262 g/mol. The van der Waals surface area contributed by atoms with Crippen LogP contribution in [-0.2, 0) is 0 Å². The molecule has 104 valence electrons. The fourth-order valence-electron chi connectivity index (χ4n) is 2.89. The average Bonchev–Trinajstić information content (AvgIpc) is 2.27. The second-order valence-electron chi connectivity index (χ2n) is 6.37. The maximum atomic E-state index is 11.1. The van der Waals surface area contributed by atoms with E-state index in [0.717, 1.165) is 18.7 Å². The summed E-state index contributed by atoms with van der Waals surface area (Å²) in [5.41, 5.74) is 1.83. The molecule has 0 aliphatic heterocycles. The smallest absolute Gasteiger partial charge is 0.339 e. The lowest BCUT2D eigenvalue weighted by atomic mass is 9.73. The van der Waals surface area contributed by atoms with Crippen LogP contribution in [0.25, 0.3) is 0 Å². The first-order chi connectivity index (χ1) is 8.80. The highest BCUT2D eigenvalue weighted by Gasteiger charge is 2.29. The van der Waals surface area contributed by atoms with Gasteiger partial charge in [-0.3, -0.25) is 0 Å². The Bertz CT molecular complexity index is 476. The standard InChI is InChI=1S/C15H22N2O2/c1-9-12(14(18)19)10(2)17-13(16-9)11-5-7-15(3,4)8-6-11/h11H,5-8H2,1-4H3,(H,18,19). The van der Waals surface area contributed by atoms with Crippen molar-refractivity contribution in [3.05, 3.63) is 22.8 Å². The SMILES string of the molecule is Cc1nc(C2CCC(C)(C)CC2)nc(C)c1C(=O)O. The van der Waals surface area contributed by atoms with E-state index in [1.165, 1.54) is 12.8 Å². The molecule has 1 aromatic heterocycles. The van der Waals surface area contributed by atoms with Crippen molar-refractivity contribution < 1.29 is 9.90 Å². The van der Waals surface area contributed by atoms with Crippen molar-refractivity contribution in [3.63, 3.8) is 0 Å². The molecule has 0 aromatic carbocycles. The van der Waals surface area contributed by atoms with E-state index in [1.807, 2.05) is 0 Å². The van der Waals surface area contributed by atoms with Gasteiger partial charge in [0.1, 0.15) is 11.4 Å². The first-order valence-corrected chi connectivity index (χ1v) is 6.88. The van der Waals surface area contributed by atoms with Crippen LogP contribution >= 0.6 is 0 Å². The first kappa shape index (κ1) is 14.0. The predicted octanol–water partition coefficient (Wildman–Crippen LogP) is 3.48. The van der Waals surface area contributed by atoms with E-state index in [2.05, 4.69) is 23.8 Å². The van der Waals surface area contributed by atoms with Gasteiger partial charge in [-0.25, -0.2) is 14.8 Å². The van der Waals surface area contributed by atoms with Crippen molar-refractivity contribution in [1.29, 1.82) is 0 Å². The van der Waals surface area contributed by atoms with Crippen molar-refractivity contribution in [2.45, 2.75) is 59.3 Å². The number of aromatic nitrogens is 2. The van der Waals surface area contributed by atoms with Crippen LogP contribution in [0.3, 0.4) is 0 Å². The van der Waals surface area contributed by atoms with Crippen molar-refractivity contribution in [1.82, 2.24) is 9.97 Å². The maximum Gasteiger partial charge on any atom is 0.339 e. The monoisotopic (exact) mass is 262 g/mol. The summed E-state index contributed by atoms with van der Waals surface area (Å²) in [5.74, 6) is 0.273. The normalized spacial score (nSPS) is 19.4. The van der Waals surface area contributed by atoms with Gasteiger partial charge in [-0.2, -0.15) is 0 Å². The lowest BCUT2D eigenvalue weighted by Crippen LogP contribution is -2.22. The molecule has 1 heterocycles. The Morgan fingerprint density at radius 2 is 1.63 bits per heavy atom. The number of carboxylic acids is 1. The summed E-state index contributed by atoms with van der Waals surface area (Å²) in [7, 11) is 0. The molecule has 0 unspecified atom stereocenters. The number of carboxylic acid groups (broad SMARTS) is 1. The van der Waals surface area contributed by atoms with Crippen molar-refractivity contribution in [2.24, 2.45) is 5.41 Å². The van der Waals surface area contributed by atoms with Crippen LogP contribution in [0.4, 0.5) is 0 Å². The van der Waals surface area contributed by atoms with Gasteiger partial charge in [0.15, 0.2) is 0 Å². The molecule has 1 aliphatic carbocycles. The molecule has 0 radical (unpaired) electrons. The summed E-state index contributed by atoms with van der Waals surface area (Å²) in [5, 5.41) is 9.14. The Kier molecular flexibility index (Phi) is 3.61. The molecule has 1 N–H and O–H groups in total. The van der Waals surface area contributed by atoms with Gasteiger partial charge in [-0.15, -0.1) is 0 Å². The summed E-state index contributed by atoms with van der Waals surface area (Å²) in [4.78, 5) is 20.0. The van der Waals surface area contributed by atoms with Crippen molar-refractivity contribution in [3.8, 4) is 0 Å². The molecule has 0 saturated heterocycles. The molecule has 1 saturated carbocycles. The number of hydrogen-bond donors (Lipinski definition) is 1. The number of carbonyl (C=O) groups is 1. The van der Waals surface area contributed by atoms with Gasteiger partial charge in [0.05, 0.1) is 11.4 Å². The quantitative estimate of drug-likeness (QED) is 0.886. The second kappa shape index (κ2) is 4.91. The first-order valence-electron chi connectivity index (χ1n) is 6.88. The third-order valence-electron chi connectivity index (χ3n) is 4.21. The van der Waals surface area contributed by atoms with Crippen LogP contribution in [0, 0.1) is 19.3 Å². The fraction of sp³-hybridized carbons (Fsp3) is 0.667. The minimum absolute atomic E-state index is 0.250. The van der Waals surface area contributed by atoms with E-state index in [1.54, 1.807) is 13.8 Å². The molecule has 19 heavy (non-hydrogen) atoms. The Balaban J connectivity index is 2.26. The van der Waals surface area contributed by atoms with E-state index in [-0.39, 0.29) is 5.56 Å². The summed E-state index contributed by atoms with van der Waals surface area (Å²) < 4.78 is 0. The van der Waals surface area contributed by atoms with Crippen LogP contribution < -0.4 is 0 Å². The third kappa shape index (κ3) is 2.94. The summed E-state index contributed by atoms with van der Waals surface area (Å²) >= 11 is 0. The number of nitrogens with zero attached hydrogens (tertiary/aromatic N) is 2. The predicted molar refractivity (Wildman–Crippen MR) is 73.5 cm³/mol. The molecule has 2 rings (SSSR count). The molecule has 0 amide bonds. The zero-order valence-electron chi connectivity index (χ0n) is 12.2. The van der Waals surface area contributed by atoms with Gasteiger partial charge in [0.2, 0.25) is 0 Å². The zero-order chi connectivity index (χ0) is 14.2. The largest absolute Gasteiger partial charge is 0.478 e. The Morgan fingerprint density at radius 1 is 1.16 bits per heavy atom. The van der Waals surface area contributed by atoms with Gasteiger partial charge in [0.25, 0.3) is 0 Å². The van der Waals surface area contributed by atoms with Crippen LogP contribution in [0.1, 0.15) is 73.0 Å². The topological polar surface area (TPSA) is 63.1 Å². The van der Waals surface area contributed by atoms with E-state index < -0.39 is 5.97 Å². The Morgan fingerprint density at radius 3 is 2.05 bits per heavy atom. The molecule has 4 heteroatoms. The van der Waals surface area contributed by atoms with Gasteiger partial charge < -0.3 is 5.11 Å². The van der Waals surface area contributed by atoms with Gasteiger partial charge in [-0.1, -0.05) is 13.8 Å². The summed E-state index contributed by atoms with van der Waals surface area (Å²) in [6.07, 6.45) is 4.55. The van der Waals surface area contributed by atoms with Crippen LogP contribution in [0.2, 0.25) is 0 Å². The fourth-order valence-corrected chi connectivity index (χ4v) is 2.89. The molecule has 4 nitrogen and oxygen atoms in total. The highest BCUT2D eigenvalue weighted by Crippen LogP contribution is 2.41. The number of aromatic carboxylic acids is 1. The number of hydrogen-bond acceptors (Lipinski definition) is 3. The Labute approximate surface area is 114 Å². The van der Waals surface area contributed by atoms with E-state index in [9.17, 15) is 4.79 Å². The van der Waals surface area contributed by atoms with Crippen LogP contribution in [-0.4, -0.2) is 21.0 Å². The molecule has 1 fully saturated rings. The van der Waals surface area contributed by atoms with Gasteiger partial charge >= 0.3 is 5.97 Å². The molecule has 0 bridgehead atoms. The Hall–Kier alpha value is -1.45. The molecule has 0 spiro atoms. The summed E-state index contributed by atoms with van der Waals surface area (Å²) in [6.45, 7) is 8.12. The zero-order valence-corrected chi connectivity index (χ0v) is 12.2. The highest BCUT2D eigenvalue weighted by atomic mass is 16.4. The van der Waals surface area contributed by atoms with E-state index in [0.29, 0.717) is 22.7 Å². The second-order valence-corrected chi connectivity index (χ2v) is 6.37. The molecular weight excluding hydrogens is 240 g/mol. The van der Waals surface area contributed by atoms with E-state index in [4.69, 9.17) is 5.11 Å².